The maximum atomic E-state index is 13.9. The Labute approximate surface area is 182 Å². The van der Waals surface area contributed by atoms with Crippen molar-refractivity contribution in [2.75, 3.05) is 11.9 Å². The predicted octanol–water partition coefficient (Wildman–Crippen LogP) is 4.96. The number of piperidine rings is 1. The number of ether oxygens (including phenoxy) is 1. The lowest BCUT2D eigenvalue weighted by Gasteiger charge is -2.33. The Morgan fingerprint density at radius 2 is 1.88 bits per heavy atom. The average molecular weight is 446 g/mol. The van der Waals surface area contributed by atoms with Crippen molar-refractivity contribution in [3.63, 3.8) is 0 Å². The van der Waals surface area contributed by atoms with E-state index in [1.807, 2.05) is 0 Å². The quantitative estimate of drug-likeness (QED) is 0.579. The Morgan fingerprint density at radius 3 is 2.66 bits per heavy atom. The van der Waals surface area contributed by atoms with Gasteiger partial charge in [0.25, 0.3) is 5.89 Å². The van der Waals surface area contributed by atoms with Gasteiger partial charge in [-0.3, -0.25) is 0 Å². The average Bonchev–Trinajstić information content (AvgIpc) is 3.26. The molecular weight excluding hydrogens is 425 g/mol. The van der Waals surface area contributed by atoms with Crippen molar-refractivity contribution >= 4 is 11.7 Å². The van der Waals surface area contributed by atoms with E-state index in [-0.39, 0.29) is 30.6 Å². The number of hydrogen-bond acceptors (Lipinski definition) is 5. The number of anilines is 1. The molecule has 32 heavy (non-hydrogen) atoms. The number of halogens is 3. The monoisotopic (exact) mass is 446 g/mol. The highest BCUT2D eigenvalue weighted by atomic mass is 19.1. The second-order valence-electron chi connectivity index (χ2n) is 7.42. The van der Waals surface area contributed by atoms with Gasteiger partial charge in [0.1, 0.15) is 24.1 Å². The van der Waals surface area contributed by atoms with Crippen molar-refractivity contribution in [1.29, 1.82) is 0 Å². The second-order valence-corrected chi connectivity index (χ2v) is 7.42. The van der Waals surface area contributed by atoms with Gasteiger partial charge in [-0.1, -0.05) is 17.3 Å². The molecule has 0 bridgehead atoms. The first-order valence-corrected chi connectivity index (χ1v) is 10.2. The first-order chi connectivity index (χ1) is 15.5. The minimum absolute atomic E-state index is 0.0596. The second kappa shape index (κ2) is 9.82. The molecule has 1 unspecified atom stereocenters. The van der Waals surface area contributed by atoms with Gasteiger partial charge in [0.15, 0.2) is 5.82 Å². The third-order valence-corrected chi connectivity index (χ3v) is 5.13. The molecule has 7 nitrogen and oxygen atoms in total. The van der Waals surface area contributed by atoms with Crippen LogP contribution in [0.2, 0.25) is 0 Å². The van der Waals surface area contributed by atoms with Gasteiger partial charge in [0.05, 0.1) is 18.3 Å². The number of benzene rings is 2. The summed E-state index contributed by atoms with van der Waals surface area (Å²) < 4.78 is 50.8. The molecule has 10 heteroatoms. The fourth-order valence-corrected chi connectivity index (χ4v) is 3.52. The highest BCUT2D eigenvalue weighted by Crippen LogP contribution is 2.30. The maximum Gasteiger partial charge on any atom is 0.322 e. The topological polar surface area (TPSA) is 80.5 Å². The van der Waals surface area contributed by atoms with Crippen molar-refractivity contribution in [3.05, 3.63) is 77.2 Å². The first kappa shape index (κ1) is 21.8. The molecule has 1 atom stereocenters. The van der Waals surface area contributed by atoms with Crippen LogP contribution in [0.25, 0.3) is 0 Å². The van der Waals surface area contributed by atoms with Crippen molar-refractivity contribution in [1.82, 2.24) is 15.0 Å². The van der Waals surface area contributed by atoms with Gasteiger partial charge in [0, 0.05) is 12.6 Å². The van der Waals surface area contributed by atoms with E-state index >= 15 is 0 Å². The van der Waals surface area contributed by atoms with Gasteiger partial charge in [-0.05, 0) is 49.1 Å². The summed E-state index contributed by atoms with van der Waals surface area (Å²) in [7, 11) is 0. The Kier molecular flexibility index (Phi) is 6.69. The van der Waals surface area contributed by atoms with Crippen LogP contribution in [0.5, 0.6) is 0 Å². The smallest absolute Gasteiger partial charge is 0.322 e. The summed E-state index contributed by atoms with van der Waals surface area (Å²) in [5.41, 5.74) is 0.693. The van der Waals surface area contributed by atoms with E-state index < -0.39 is 23.7 Å². The largest absolute Gasteiger partial charge is 0.367 e. The van der Waals surface area contributed by atoms with E-state index in [2.05, 4.69) is 15.5 Å². The molecule has 0 saturated carbocycles. The van der Waals surface area contributed by atoms with Gasteiger partial charge >= 0.3 is 6.03 Å². The number of hydrogen-bond donors (Lipinski definition) is 1. The van der Waals surface area contributed by atoms with E-state index in [0.29, 0.717) is 24.9 Å². The molecular formula is C22H21F3N4O3. The third-order valence-electron chi connectivity index (χ3n) is 5.13. The summed E-state index contributed by atoms with van der Waals surface area (Å²) in [6.45, 7) is 0.744. The van der Waals surface area contributed by atoms with Gasteiger partial charge in [-0.15, -0.1) is 0 Å². The zero-order chi connectivity index (χ0) is 22.5. The zero-order valence-electron chi connectivity index (χ0n) is 17.1. The number of nitrogens with one attached hydrogen (secondary N) is 1. The van der Waals surface area contributed by atoms with Crippen LogP contribution in [0.3, 0.4) is 0 Å². The predicted molar refractivity (Wildman–Crippen MR) is 108 cm³/mol. The summed E-state index contributed by atoms with van der Waals surface area (Å²) in [5, 5.41) is 6.46. The van der Waals surface area contributed by atoms with Crippen LogP contribution in [0.1, 0.15) is 42.6 Å². The van der Waals surface area contributed by atoms with Gasteiger partial charge < -0.3 is 19.5 Å². The van der Waals surface area contributed by atoms with E-state index in [1.165, 1.54) is 23.1 Å². The van der Waals surface area contributed by atoms with E-state index in [9.17, 15) is 18.0 Å². The van der Waals surface area contributed by atoms with Crippen molar-refractivity contribution in [2.45, 2.75) is 38.5 Å². The molecule has 1 aliphatic heterocycles. The molecule has 0 aliphatic carbocycles. The highest BCUT2D eigenvalue weighted by molar-refractivity contribution is 5.89. The lowest BCUT2D eigenvalue weighted by atomic mass is 10.0. The Morgan fingerprint density at radius 1 is 1.09 bits per heavy atom. The van der Waals surface area contributed by atoms with Gasteiger partial charge in [-0.2, -0.15) is 4.98 Å². The highest BCUT2D eigenvalue weighted by Gasteiger charge is 2.32. The molecule has 2 aromatic carbocycles. The number of likely N-dealkylation sites (tertiary alicyclic amines) is 1. The van der Waals surface area contributed by atoms with E-state index in [0.717, 1.165) is 24.5 Å². The summed E-state index contributed by atoms with van der Waals surface area (Å²) >= 11 is 0. The SMILES string of the molecule is O=C(Nc1ccc(F)cc1F)N1CCCCC1c1noc(COCc2ccc(F)cc2)n1. The van der Waals surface area contributed by atoms with Crippen molar-refractivity contribution < 1.29 is 27.2 Å². The van der Waals surface area contributed by atoms with Crippen LogP contribution in [-0.2, 0) is 18.0 Å². The van der Waals surface area contributed by atoms with Crippen LogP contribution in [0.4, 0.5) is 23.7 Å². The fourth-order valence-electron chi connectivity index (χ4n) is 3.52. The number of carbonyl (C=O) groups is 1. The number of rotatable bonds is 6. The molecule has 2 heterocycles. The summed E-state index contributed by atoms with van der Waals surface area (Å²) in [5.74, 6) is -1.32. The number of carbonyl (C=O) groups excluding carboxylic acids is 1. The first-order valence-electron chi connectivity index (χ1n) is 10.2. The molecule has 1 saturated heterocycles. The molecule has 1 N–H and O–H groups in total. The van der Waals surface area contributed by atoms with Crippen LogP contribution in [0, 0.1) is 17.5 Å². The van der Waals surface area contributed by atoms with Gasteiger partial charge in [0.2, 0.25) is 0 Å². The number of urea groups is 1. The van der Waals surface area contributed by atoms with Gasteiger partial charge in [-0.25, -0.2) is 18.0 Å². The summed E-state index contributed by atoms with van der Waals surface area (Å²) in [6.07, 6.45) is 2.26. The number of aromatic nitrogens is 2. The lowest BCUT2D eigenvalue weighted by Crippen LogP contribution is -2.41. The molecule has 4 rings (SSSR count). The van der Waals surface area contributed by atoms with Crippen LogP contribution in [-0.4, -0.2) is 27.6 Å². The van der Waals surface area contributed by atoms with Crippen molar-refractivity contribution in [2.24, 2.45) is 0 Å². The minimum atomic E-state index is -0.855. The van der Waals surface area contributed by atoms with Crippen molar-refractivity contribution in [3.8, 4) is 0 Å². The lowest BCUT2D eigenvalue weighted by molar-refractivity contribution is 0.0850. The Bertz CT molecular complexity index is 1070. The maximum absolute atomic E-state index is 13.9. The molecule has 168 valence electrons. The molecule has 1 aromatic heterocycles. The summed E-state index contributed by atoms with van der Waals surface area (Å²) in [6, 6.07) is 7.93. The fraction of sp³-hybridized carbons (Fsp3) is 0.318. The molecule has 2 amide bonds. The Hall–Kier alpha value is -3.40. The minimum Gasteiger partial charge on any atom is -0.367 e. The number of amides is 2. The molecule has 0 spiro atoms. The van der Waals surface area contributed by atoms with E-state index in [4.69, 9.17) is 9.26 Å². The standard InChI is InChI=1S/C22H21F3N4O3/c23-15-6-4-14(5-7-15)12-31-13-20-27-21(28-32-20)19-3-1-2-10-29(19)22(30)26-18-9-8-16(24)11-17(18)25/h4-9,11,19H,1-3,10,12-13H2,(H,26,30). The normalized spacial score (nSPS) is 16.2. The number of nitrogens with zero attached hydrogens (tertiary/aromatic N) is 3. The summed E-state index contributed by atoms with van der Waals surface area (Å²) in [4.78, 5) is 18.6. The van der Waals surface area contributed by atoms with E-state index in [1.54, 1.807) is 12.1 Å². The third kappa shape index (κ3) is 5.25. The Balaban J connectivity index is 1.38. The van der Waals surface area contributed by atoms with Crippen LogP contribution >= 0.6 is 0 Å². The van der Waals surface area contributed by atoms with Crippen LogP contribution in [0.15, 0.2) is 47.0 Å². The zero-order valence-corrected chi connectivity index (χ0v) is 17.1. The molecule has 3 aromatic rings. The van der Waals surface area contributed by atoms with Crippen LogP contribution < -0.4 is 5.32 Å². The molecule has 0 radical (unpaired) electrons. The molecule has 1 aliphatic rings. The molecule has 1 fully saturated rings.